The lowest BCUT2D eigenvalue weighted by molar-refractivity contribution is -0.124. The van der Waals surface area contributed by atoms with Gasteiger partial charge >= 0.3 is 0 Å². The Balaban J connectivity index is 0.00000200. The molecule has 1 aliphatic heterocycles. The van der Waals surface area contributed by atoms with Gasteiger partial charge in [-0.25, -0.2) is 0 Å². The summed E-state index contributed by atoms with van der Waals surface area (Å²) < 4.78 is 5.41. The van der Waals surface area contributed by atoms with Crippen LogP contribution in [-0.4, -0.2) is 31.6 Å². The van der Waals surface area contributed by atoms with E-state index in [0.717, 1.165) is 19.5 Å². The predicted octanol–water partition coefficient (Wildman–Crippen LogP) is 2.25. The Morgan fingerprint density at radius 3 is 2.95 bits per heavy atom. The molecule has 0 aliphatic carbocycles. The van der Waals surface area contributed by atoms with Crippen molar-refractivity contribution >= 4 is 29.9 Å². The normalized spacial score (nSPS) is 21.7. The first-order valence-corrected chi connectivity index (χ1v) is 6.92. The van der Waals surface area contributed by atoms with Crippen molar-refractivity contribution in [1.29, 1.82) is 0 Å². The van der Waals surface area contributed by atoms with Gasteiger partial charge < -0.3 is 15.4 Å². The standard InChI is InChI=1S/C14H19ClN2O2.ClH/c1-10-6-7-16-8-12(10)17-14(18)9-19-13-5-3-2-4-11(13)15;/h2-5,10,12,16H,6-9H2,1H3,(H,17,18);1H. The second kappa shape index (κ2) is 8.35. The van der Waals surface area contributed by atoms with Crippen molar-refractivity contribution in [3.8, 4) is 5.75 Å². The smallest absolute Gasteiger partial charge is 0.258 e. The highest BCUT2D eigenvalue weighted by atomic mass is 35.5. The fourth-order valence-electron chi connectivity index (χ4n) is 2.14. The summed E-state index contributed by atoms with van der Waals surface area (Å²) in [6, 6.07) is 7.32. The third-order valence-electron chi connectivity index (χ3n) is 3.37. The monoisotopic (exact) mass is 318 g/mol. The summed E-state index contributed by atoms with van der Waals surface area (Å²) in [6.07, 6.45) is 1.08. The van der Waals surface area contributed by atoms with E-state index in [-0.39, 0.29) is 31.0 Å². The third-order valence-corrected chi connectivity index (χ3v) is 3.68. The van der Waals surface area contributed by atoms with Crippen LogP contribution in [0.1, 0.15) is 13.3 Å². The first kappa shape index (κ1) is 17.1. The van der Waals surface area contributed by atoms with Crippen LogP contribution in [0.5, 0.6) is 5.75 Å². The highest BCUT2D eigenvalue weighted by molar-refractivity contribution is 6.32. The molecule has 20 heavy (non-hydrogen) atoms. The zero-order valence-corrected chi connectivity index (χ0v) is 13.0. The Morgan fingerprint density at radius 2 is 2.25 bits per heavy atom. The highest BCUT2D eigenvalue weighted by Crippen LogP contribution is 2.22. The molecule has 0 bridgehead atoms. The van der Waals surface area contributed by atoms with Crippen LogP contribution in [0.2, 0.25) is 5.02 Å². The summed E-state index contributed by atoms with van der Waals surface area (Å²) in [7, 11) is 0. The molecule has 1 saturated heterocycles. The largest absolute Gasteiger partial charge is 0.482 e. The Bertz CT molecular complexity index is 443. The molecule has 0 radical (unpaired) electrons. The van der Waals surface area contributed by atoms with Gasteiger partial charge in [-0.2, -0.15) is 0 Å². The fraction of sp³-hybridized carbons (Fsp3) is 0.500. The highest BCUT2D eigenvalue weighted by Gasteiger charge is 2.22. The van der Waals surface area contributed by atoms with E-state index in [1.165, 1.54) is 0 Å². The molecule has 1 aromatic carbocycles. The Morgan fingerprint density at radius 1 is 1.50 bits per heavy atom. The first-order valence-electron chi connectivity index (χ1n) is 6.54. The summed E-state index contributed by atoms with van der Waals surface area (Å²) >= 11 is 5.96. The molecule has 2 atom stereocenters. The van der Waals surface area contributed by atoms with Gasteiger partial charge in [0.2, 0.25) is 0 Å². The van der Waals surface area contributed by atoms with Crippen LogP contribution in [0.15, 0.2) is 24.3 Å². The Kier molecular flexibility index (Phi) is 7.13. The zero-order chi connectivity index (χ0) is 13.7. The summed E-state index contributed by atoms with van der Waals surface area (Å²) in [5, 5.41) is 6.78. The Hall–Kier alpha value is -0.970. The molecule has 4 nitrogen and oxygen atoms in total. The Labute approximate surface area is 130 Å². The SMILES string of the molecule is CC1CCNCC1NC(=O)COc1ccccc1Cl.Cl. The van der Waals surface area contributed by atoms with Crippen molar-refractivity contribution < 1.29 is 9.53 Å². The van der Waals surface area contributed by atoms with E-state index in [9.17, 15) is 4.79 Å². The van der Waals surface area contributed by atoms with Crippen molar-refractivity contribution in [2.24, 2.45) is 5.92 Å². The maximum atomic E-state index is 11.8. The van der Waals surface area contributed by atoms with E-state index in [1.54, 1.807) is 12.1 Å². The van der Waals surface area contributed by atoms with E-state index in [1.807, 2.05) is 12.1 Å². The minimum atomic E-state index is -0.111. The van der Waals surface area contributed by atoms with Crippen LogP contribution in [-0.2, 0) is 4.79 Å². The molecule has 0 spiro atoms. The molecule has 6 heteroatoms. The van der Waals surface area contributed by atoms with E-state index < -0.39 is 0 Å². The quantitative estimate of drug-likeness (QED) is 0.895. The van der Waals surface area contributed by atoms with Crippen LogP contribution in [0.4, 0.5) is 0 Å². The average molecular weight is 319 g/mol. The van der Waals surface area contributed by atoms with Crippen molar-refractivity contribution in [3.05, 3.63) is 29.3 Å². The van der Waals surface area contributed by atoms with Gasteiger partial charge in [0.15, 0.2) is 6.61 Å². The topological polar surface area (TPSA) is 50.4 Å². The van der Waals surface area contributed by atoms with Crippen LogP contribution in [0.25, 0.3) is 0 Å². The second-order valence-corrected chi connectivity index (χ2v) is 5.27. The van der Waals surface area contributed by atoms with Gasteiger partial charge in [0, 0.05) is 12.6 Å². The van der Waals surface area contributed by atoms with Crippen LogP contribution < -0.4 is 15.4 Å². The van der Waals surface area contributed by atoms with Gasteiger partial charge in [0.05, 0.1) is 5.02 Å². The fourth-order valence-corrected chi connectivity index (χ4v) is 2.33. The molecule has 1 aromatic rings. The molecule has 1 aliphatic rings. The molecular formula is C14H20Cl2N2O2. The maximum Gasteiger partial charge on any atom is 0.258 e. The maximum absolute atomic E-state index is 11.8. The third kappa shape index (κ3) is 4.85. The number of ether oxygens (including phenoxy) is 1. The van der Waals surface area contributed by atoms with E-state index in [0.29, 0.717) is 16.7 Å². The number of benzene rings is 1. The number of hydrogen-bond donors (Lipinski definition) is 2. The number of para-hydroxylation sites is 1. The van der Waals surface area contributed by atoms with Crippen LogP contribution in [0.3, 0.4) is 0 Å². The molecular weight excluding hydrogens is 299 g/mol. The number of halogens is 2. The summed E-state index contributed by atoms with van der Waals surface area (Å²) in [4.78, 5) is 11.8. The second-order valence-electron chi connectivity index (χ2n) is 4.86. The molecule has 1 fully saturated rings. The van der Waals surface area contributed by atoms with Gasteiger partial charge in [0.1, 0.15) is 5.75 Å². The molecule has 2 N–H and O–H groups in total. The zero-order valence-electron chi connectivity index (χ0n) is 11.4. The minimum absolute atomic E-state index is 0. The number of piperidine rings is 1. The number of hydrogen-bond acceptors (Lipinski definition) is 3. The van der Waals surface area contributed by atoms with Gasteiger partial charge in [-0.15, -0.1) is 12.4 Å². The minimum Gasteiger partial charge on any atom is -0.482 e. The molecule has 1 heterocycles. The molecule has 112 valence electrons. The summed E-state index contributed by atoms with van der Waals surface area (Å²) in [6.45, 7) is 3.98. The number of amides is 1. The van der Waals surface area contributed by atoms with Crippen LogP contribution >= 0.6 is 24.0 Å². The van der Waals surface area contributed by atoms with Crippen molar-refractivity contribution in [2.75, 3.05) is 19.7 Å². The van der Waals surface area contributed by atoms with Crippen molar-refractivity contribution in [1.82, 2.24) is 10.6 Å². The van der Waals surface area contributed by atoms with Gasteiger partial charge in [0.25, 0.3) is 5.91 Å². The summed E-state index contributed by atoms with van der Waals surface area (Å²) in [5.41, 5.74) is 0. The van der Waals surface area contributed by atoms with E-state index in [2.05, 4.69) is 17.6 Å². The summed E-state index contributed by atoms with van der Waals surface area (Å²) in [5.74, 6) is 0.917. The van der Waals surface area contributed by atoms with E-state index in [4.69, 9.17) is 16.3 Å². The predicted molar refractivity (Wildman–Crippen MR) is 82.8 cm³/mol. The molecule has 0 aromatic heterocycles. The molecule has 2 unspecified atom stereocenters. The number of carbonyl (C=O) groups excluding carboxylic acids is 1. The average Bonchev–Trinajstić information content (AvgIpc) is 2.40. The van der Waals surface area contributed by atoms with E-state index >= 15 is 0 Å². The lowest BCUT2D eigenvalue weighted by Crippen LogP contribution is -2.51. The molecule has 2 rings (SSSR count). The first-order chi connectivity index (χ1) is 9.16. The number of nitrogens with one attached hydrogen (secondary N) is 2. The van der Waals surface area contributed by atoms with Gasteiger partial charge in [-0.3, -0.25) is 4.79 Å². The molecule has 0 saturated carbocycles. The van der Waals surface area contributed by atoms with Crippen molar-refractivity contribution in [2.45, 2.75) is 19.4 Å². The lowest BCUT2D eigenvalue weighted by atomic mass is 9.95. The molecule has 1 amide bonds. The van der Waals surface area contributed by atoms with Crippen molar-refractivity contribution in [3.63, 3.8) is 0 Å². The number of carbonyl (C=O) groups is 1. The van der Waals surface area contributed by atoms with Gasteiger partial charge in [-0.1, -0.05) is 30.7 Å². The van der Waals surface area contributed by atoms with Crippen LogP contribution in [0, 0.1) is 5.92 Å². The number of rotatable bonds is 4. The van der Waals surface area contributed by atoms with Gasteiger partial charge in [-0.05, 0) is 31.0 Å². The lowest BCUT2D eigenvalue weighted by Gasteiger charge is -2.30.